The molecule has 0 saturated carbocycles. The van der Waals surface area contributed by atoms with Crippen LogP contribution in [0.25, 0.3) is 0 Å². The second kappa shape index (κ2) is 6.19. The number of hydrogen-bond donors (Lipinski definition) is 1. The number of amides is 1. The summed E-state index contributed by atoms with van der Waals surface area (Å²) < 4.78 is 1.42. The van der Waals surface area contributed by atoms with E-state index >= 15 is 0 Å². The van der Waals surface area contributed by atoms with Gasteiger partial charge in [-0.1, -0.05) is 29.8 Å². The van der Waals surface area contributed by atoms with Crippen LogP contribution in [0.2, 0.25) is 5.02 Å². The molecule has 3 rings (SSSR count). The van der Waals surface area contributed by atoms with E-state index in [1.165, 1.54) is 11.0 Å². The lowest BCUT2D eigenvalue weighted by Gasteiger charge is -2.36. The van der Waals surface area contributed by atoms with Gasteiger partial charge < -0.3 is 10.2 Å². The number of aromatic nitrogens is 4. The van der Waals surface area contributed by atoms with Gasteiger partial charge >= 0.3 is 0 Å². The quantitative estimate of drug-likeness (QED) is 0.893. The van der Waals surface area contributed by atoms with Gasteiger partial charge in [0.15, 0.2) is 0 Å². The van der Waals surface area contributed by atoms with Crippen molar-refractivity contribution < 1.29 is 4.79 Å². The number of tetrazole rings is 1. The monoisotopic (exact) mass is 306 g/mol. The fraction of sp³-hybridized carbons (Fsp3) is 0.385. The Morgan fingerprint density at radius 2 is 2.29 bits per heavy atom. The van der Waals surface area contributed by atoms with Crippen LogP contribution >= 0.6 is 11.6 Å². The molecular formula is C13H15ClN6O. The summed E-state index contributed by atoms with van der Waals surface area (Å²) in [6.07, 6.45) is 1.44. The molecule has 0 spiro atoms. The highest BCUT2D eigenvalue weighted by Crippen LogP contribution is 2.28. The van der Waals surface area contributed by atoms with Crippen molar-refractivity contribution in [1.82, 2.24) is 30.4 Å². The standard InChI is InChI=1S/C13H15ClN6O/c14-11-4-2-1-3-10(11)12-7-15-5-6-20(12)13(21)8-19-9-16-17-18-19/h1-4,9,12,15H,5-8H2. The molecule has 2 aromatic rings. The molecule has 0 radical (unpaired) electrons. The molecule has 1 N–H and O–H groups in total. The SMILES string of the molecule is O=C(Cn1cnnn1)N1CCNCC1c1ccccc1Cl. The first kappa shape index (κ1) is 14.0. The number of nitrogens with one attached hydrogen (secondary N) is 1. The van der Waals surface area contributed by atoms with E-state index < -0.39 is 0 Å². The highest BCUT2D eigenvalue weighted by Gasteiger charge is 2.29. The van der Waals surface area contributed by atoms with Gasteiger partial charge in [0.25, 0.3) is 0 Å². The largest absolute Gasteiger partial charge is 0.331 e. The van der Waals surface area contributed by atoms with Crippen LogP contribution in [0.3, 0.4) is 0 Å². The molecule has 1 aromatic heterocycles. The number of piperazine rings is 1. The van der Waals surface area contributed by atoms with Crippen LogP contribution in [0.15, 0.2) is 30.6 Å². The van der Waals surface area contributed by atoms with E-state index in [4.69, 9.17) is 11.6 Å². The molecule has 0 bridgehead atoms. The summed E-state index contributed by atoms with van der Waals surface area (Å²) >= 11 is 6.27. The molecular weight excluding hydrogens is 292 g/mol. The minimum atomic E-state index is -0.0727. The van der Waals surface area contributed by atoms with Crippen LogP contribution in [0.4, 0.5) is 0 Å². The molecule has 8 heteroatoms. The molecule has 1 aromatic carbocycles. The Bertz CT molecular complexity index is 617. The molecule has 2 heterocycles. The molecule has 21 heavy (non-hydrogen) atoms. The third kappa shape index (κ3) is 3.03. The first-order chi connectivity index (χ1) is 10.3. The third-order valence-corrected chi connectivity index (χ3v) is 3.86. The van der Waals surface area contributed by atoms with Crippen LogP contribution in [0, 0.1) is 0 Å². The highest BCUT2D eigenvalue weighted by atomic mass is 35.5. The van der Waals surface area contributed by atoms with Gasteiger partial charge in [-0.2, -0.15) is 0 Å². The molecule has 110 valence electrons. The van der Waals surface area contributed by atoms with E-state index in [9.17, 15) is 4.79 Å². The fourth-order valence-electron chi connectivity index (χ4n) is 2.51. The van der Waals surface area contributed by atoms with Gasteiger partial charge in [-0.3, -0.25) is 4.79 Å². The van der Waals surface area contributed by atoms with Gasteiger partial charge in [-0.15, -0.1) is 5.10 Å². The van der Waals surface area contributed by atoms with Crippen LogP contribution < -0.4 is 5.32 Å². The normalized spacial score (nSPS) is 18.7. The van der Waals surface area contributed by atoms with Gasteiger partial charge in [-0.25, -0.2) is 4.68 Å². The van der Waals surface area contributed by atoms with E-state index in [0.29, 0.717) is 18.1 Å². The van der Waals surface area contributed by atoms with Crippen molar-refractivity contribution in [2.24, 2.45) is 0 Å². The van der Waals surface area contributed by atoms with Crippen molar-refractivity contribution >= 4 is 17.5 Å². The molecule has 1 unspecified atom stereocenters. The molecule has 1 fully saturated rings. The van der Waals surface area contributed by atoms with Crippen molar-refractivity contribution in [3.8, 4) is 0 Å². The van der Waals surface area contributed by atoms with Crippen LogP contribution in [-0.4, -0.2) is 50.6 Å². The van der Waals surface area contributed by atoms with Gasteiger partial charge in [0.2, 0.25) is 5.91 Å². The maximum Gasteiger partial charge on any atom is 0.245 e. The number of rotatable bonds is 3. The van der Waals surface area contributed by atoms with Crippen molar-refractivity contribution in [2.45, 2.75) is 12.6 Å². The number of hydrogen-bond acceptors (Lipinski definition) is 5. The summed E-state index contributed by atoms with van der Waals surface area (Å²) in [5.74, 6) is -0.0197. The van der Waals surface area contributed by atoms with E-state index in [2.05, 4.69) is 20.8 Å². The van der Waals surface area contributed by atoms with E-state index in [1.54, 1.807) is 0 Å². The Hall–Kier alpha value is -1.99. The van der Waals surface area contributed by atoms with Crippen molar-refractivity contribution in [2.75, 3.05) is 19.6 Å². The second-order valence-electron chi connectivity index (χ2n) is 4.84. The summed E-state index contributed by atoms with van der Waals surface area (Å²) in [5.41, 5.74) is 0.955. The number of halogens is 1. The average Bonchev–Trinajstić information content (AvgIpc) is 3.01. The van der Waals surface area contributed by atoms with Crippen LogP contribution in [-0.2, 0) is 11.3 Å². The minimum Gasteiger partial charge on any atom is -0.331 e. The Morgan fingerprint density at radius 3 is 3.05 bits per heavy atom. The van der Waals surface area contributed by atoms with Crippen molar-refractivity contribution in [3.63, 3.8) is 0 Å². The fourth-order valence-corrected chi connectivity index (χ4v) is 2.77. The van der Waals surface area contributed by atoms with E-state index in [0.717, 1.165) is 12.1 Å². The van der Waals surface area contributed by atoms with Gasteiger partial charge in [-0.05, 0) is 22.1 Å². The van der Waals surface area contributed by atoms with E-state index in [-0.39, 0.29) is 18.5 Å². The predicted molar refractivity (Wildman–Crippen MR) is 76.6 cm³/mol. The maximum atomic E-state index is 12.5. The minimum absolute atomic E-state index is 0.0197. The summed E-state index contributed by atoms with van der Waals surface area (Å²) in [6, 6.07) is 7.54. The Balaban J connectivity index is 1.81. The summed E-state index contributed by atoms with van der Waals surface area (Å²) in [6.45, 7) is 2.22. The molecule has 1 atom stereocenters. The van der Waals surface area contributed by atoms with Gasteiger partial charge in [0.05, 0.1) is 6.04 Å². The van der Waals surface area contributed by atoms with Gasteiger partial charge in [0, 0.05) is 24.7 Å². The lowest BCUT2D eigenvalue weighted by atomic mass is 10.0. The number of carbonyl (C=O) groups is 1. The van der Waals surface area contributed by atoms with Crippen molar-refractivity contribution in [3.05, 3.63) is 41.2 Å². The average molecular weight is 307 g/mol. The number of carbonyl (C=O) groups excluding carboxylic acids is 1. The topological polar surface area (TPSA) is 75.9 Å². The maximum absolute atomic E-state index is 12.5. The molecule has 1 aliphatic heterocycles. The summed E-state index contributed by atoms with van der Waals surface area (Å²) in [5, 5.41) is 14.8. The van der Waals surface area contributed by atoms with Crippen LogP contribution in [0.1, 0.15) is 11.6 Å². The first-order valence-corrected chi connectivity index (χ1v) is 7.09. The Kier molecular flexibility index (Phi) is 4.12. The van der Waals surface area contributed by atoms with Crippen molar-refractivity contribution in [1.29, 1.82) is 0 Å². The first-order valence-electron chi connectivity index (χ1n) is 6.71. The van der Waals surface area contributed by atoms with Gasteiger partial charge in [0.1, 0.15) is 12.9 Å². The molecule has 7 nitrogen and oxygen atoms in total. The number of nitrogens with zero attached hydrogens (tertiary/aromatic N) is 5. The second-order valence-corrected chi connectivity index (χ2v) is 5.24. The summed E-state index contributed by atoms with van der Waals surface area (Å²) in [4.78, 5) is 14.3. The molecule has 0 aliphatic carbocycles. The lowest BCUT2D eigenvalue weighted by molar-refractivity contribution is -0.135. The molecule has 1 saturated heterocycles. The lowest BCUT2D eigenvalue weighted by Crippen LogP contribution is -2.49. The van der Waals surface area contributed by atoms with E-state index in [1.807, 2.05) is 29.2 Å². The van der Waals surface area contributed by atoms with Crippen LogP contribution in [0.5, 0.6) is 0 Å². The zero-order valence-electron chi connectivity index (χ0n) is 11.3. The summed E-state index contributed by atoms with van der Waals surface area (Å²) in [7, 11) is 0. The Labute approximate surface area is 126 Å². The predicted octanol–water partition coefficient (Wildman–Crippen LogP) is 0.500. The molecule has 1 aliphatic rings. The third-order valence-electron chi connectivity index (χ3n) is 3.52. The highest BCUT2D eigenvalue weighted by molar-refractivity contribution is 6.31. The Morgan fingerprint density at radius 1 is 1.43 bits per heavy atom. The smallest absolute Gasteiger partial charge is 0.245 e. The number of benzene rings is 1. The molecule has 1 amide bonds. The zero-order chi connectivity index (χ0) is 14.7. The zero-order valence-corrected chi connectivity index (χ0v) is 12.1.